The maximum Gasteiger partial charge on any atom is 0.253 e. The van der Waals surface area contributed by atoms with Crippen molar-refractivity contribution in [3.63, 3.8) is 0 Å². The lowest BCUT2D eigenvalue weighted by Crippen LogP contribution is -2.48. The van der Waals surface area contributed by atoms with Crippen molar-refractivity contribution in [1.29, 1.82) is 0 Å². The maximum atomic E-state index is 12.6. The molecule has 0 spiro atoms. The average Bonchev–Trinajstić information content (AvgIpc) is 2.67. The monoisotopic (exact) mass is 421 g/mol. The number of rotatable bonds is 3. The van der Waals surface area contributed by atoms with E-state index in [9.17, 15) is 13.2 Å². The molecule has 1 saturated heterocycles. The van der Waals surface area contributed by atoms with Crippen LogP contribution in [0.2, 0.25) is 5.02 Å². The summed E-state index contributed by atoms with van der Waals surface area (Å²) in [5, 5.41) is 0.686. The SMILES string of the molecule is CC(C)(C)S(=O)(=O)c1ccc(N2CCN(C(=O)c3ccc(Cl)cc3)CC2)cn1. The molecule has 28 heavy (non-hydrogen) atoms. The molecule has 3 rings (SSSR count). The van der Waals surface area contributed by atoms with Crippen molar-refractivity contribution in [2.75, 3.05) is 31.1 Å². The van der Waals surface area contributed by atoms with Gasteiger partial charge in [-0.15, -0.1) is 0 Å². The van der Waals surface area contributed by atoms with Gasteiger partial charge in [0.15, 0.2) is 14.9 Å². The summed E-state index contributed by atoms with van der Waals surface area (Å²) in [5.41, 5.74) is 1.47. The Kier molecular flexibility index (Phi) is 5.68. The third-order valence-electron chi connectivity index (χ3n) is 4.83. The van der Waals surface area contributed by atoms with E-state index in [0.717, 1.165) is 5.69 Å². The van der Waals surface area contributed by atoms with E-state index in [1.165, 1.54) is 0 Å². The molecule has 1 aromatic carbocycles. The second-order valence-electron chi connectivity index (χ2n) is 7.76. The molecule has 1 aliphatic rings. The largest absolute Gasteiger partial charge is 0.367 e. The highest BCUT2D eigenvalue weighted by atomic mass is 35.5. The number of carbonyl (C=O) groups excluding carboxylic acids is 1. The van der Waals surface area contributed by atoms with Crippen molar-refractivity contribution in [1.82, 2.24) is 9.88 Å². The molecule has 0 unspecified atom stereocenters. The number of piperazine rings is 1. The Hall–Kier alpha value is -2.12. The van der Waals surface area contributed by atoms with Gasteiger partial charge in [0.05, 0.1) is 16.6 Å². The molecule has 1 fully saturated rings. The molecule has 0 radical (unpaired) electrons. The third-order valence-corrected chi connectivity index (χ3v) is 7.48. The van der Waals surface area contributed by atoms with Crippen LogP contribution in [-0.4, -0.2) is 55.1 Å². The van der Waals surface area contributed by atoms with Gasteiger partial charge in [0.25, 0.3) is 5.91 Å². The summed E-state index contributed by atoms with van der Waals surface area (Å²) in [4.78, 5) is 20.7. The molecule has 6 nitrogen and oxygen atoms in total. The quantitative estimate of drug-likeness (QED) is 0.760. The molecule has 8 heteroatoms. The summed E-state index contributed by atoms with van der Waals surface area (Å²) in [6.07, 6.45) is 1.59. The number of aromatic nitrogens is 1. The molecule has 0 atom stereocenters. The number of amides is 1. The Morgan fingerprint density at radius 2 is 1.61 bits per heavy atom. The topological polar surface area (TPSA) is 70.6 Å². The zero-order valence-electron chi connectivity index (χ0n) is 16.2. The molecular formula is C20H24ClN3O3S. The Labute approximate surface area is 171 Å². The minimum absolute atomic E-state index is 0.0129. The van der Waals surface area contributed by atoms with Crippen LogP contribution in [0.1, 0.15) is 31.1 Å². The predicted octanol–water partition coefficient (Wildman–Crippen LogP) is 3.27. The molecule has 0 N–H and O–H groups in total. The Morgan fingerprint density at radius 1 is 1.00 bits per heavy atom. The molecule has 1 aromatic heterocycles. The summed E-state index contributed by atoms with van der Waals surface area (Å²) >= 11 is 5.88. The average molecular weight is 422 g/mol. The second-order valence-corrected chi connectivity index (χ2v) is 10.8. The van der Waals surface area contributed by atoms with Crippen LogP contribution in [0.4, 0.5) is 5.69 Å². The Bertz CT molecular complexity index is 944. The van der Waals surface area contributed by atoms with Gasteiger partial charge >= 0.3 is 0 Å². The van der Waals surface area contributed by atoms with Crippen molar-refractivity contribution >= 4 is 33.0 Å². The minimum Gasteiger partial charge on any atom is -0.367 e. The number of anilines is 1. The van der Waals surface area contributed by atoms with Gasteiger partial charge in [-0.05, 0) is 57.2 Å². The van der Waals surface area contributed by atoms with Gasteiger partial charge in [0, 0.05) is 36.8 Å². The lowest BCUT2D eigenvalue weighted by atomic mass is 10.2. The standard InChI is InChI=1S/C20H24ClN3O3S/c1-20(2,3)28(26,27)18-9-8-17(14-22-18)23-10-12-24(13-11-23)19(25)15-4-6-16(21)7-5-15/h4-9,14H,10-13H2,1-3H3. The summed E-state index contributed by atoms with van der Waals surface area (Å²) in [7, 11) is -3.47. The summed E-state index contributed by atoms with van der Waals surface area (Å²) < 4.78 is 24.1. The van der Waals surface area contributed by atoms with Crippen LogP contribution < -0.4 is 4.90 Å². The van der Waals surface area contributed by atoms with Crippen LogP contribution in [0, 0.1) is 0 Å². The number of sulfone groups is 1. The summed E-state index contributed by atoms with van der Waals surface area (Å²) in [5.74, 6) is -0.0129. The lowest BCUT2D eigenvalue weighted by Gasteiger charge is -2.36. The number of hydrogen-bond donors (Lipinski definition) is 0. The fraction of sp³-hybridized carbons (Fsp3) is 0.400. The van der Waals surface area contributed by atoms with Crippen LogP contribution in [0.3, 0.4) is 0 Å². The van der Waals surface area contributed by atoms with Crippen LogP contribution in [0.5, 0.6) is 0 Å². The van der Waals surface area contributed by atoms with Gasteiger partial charge in [-0.25, -0.2) is 13.4 Å². The van der Waals surface area contributed by atoms with Gasteiger partial charge in [-0.3, -0.25) is 4.79 Å². The predicted molar refractivity (Wildman–Crippen MR) is 111 cm³/mol. The van der Waals surface area contributed by atoms with E-state index in [1.807, 2.05) is 4.90 Å². The van der Waals surface area contributed by atoms with Crippen molar-refractivity contribution in [2.45, 2.75) is 30.5 Å². The second kappa shape index (κ2) is 7.72. The van der Waals surface area contributed by atoms with E-state index in [0.29, 0.717) is 36.8 Å². The number of pyridine rings is 1. The normalized spacial score (nSPS) is 15.6. The molecule has 150 valence electrons. The molecule has 0 aliphatic carbocycles. The molecule has 2 aromatic rings. The number of benzene rings is 1. The molecule has 0 saturated carbocycles. The molecule has 1 amide bonds. The lowest BCUT2D eigenvalue weighted by molar-refractivity contribution is 0.0747. The number of hydrogen-bond acceptors (Lipinski definition) is 5. The first-order valence-corrected chi connectivity index (χ1v) is 11.0. The Balaban J connectivity index is 1.65. The highest BCUT2D eigenvalue weighted by Gasteiger charge is 2.32. The minimum atomic E-state index is -3.47. The molecule has 2 heterocycles. The fourth-order valence-corrected chi connectivity index (χ4v) is 4.17. The molecule has 1 aliphatic heterocycles. The van der Waals surface area contributed by atoms with Crippen LogP contribution in [0.25, 0.3) is 0 Å². The van der Waals surface area contributed by atoms with Gasteiger partial charge in [-0.2, -0.15) is 0 Å². The highest BCUT2D eigenvalue weighted by Crippen LogP contribution is 2.25. The van der Waals surface area contributed by atoms with Crippen LogP contribution in [-0.2, 0) is 9.84 Å². The van der Waals surface area contributed by atoms with Crippen molar-refractivity contribution in [3.05, 3.63) is 53.2 Å². The number of nitrogens with zero attached hydrogens (tertiary/aromatic N) is 3. The first kappa shape index (κ1) is 20.6. The number of halogens is 1. The van der Waals surface area contributed by atoms with Gasteiger partial charge in [0.2, 0.25) is 0 Å². The van der Waals surface area contributed by atoms with Crippen molar-refractivity contribution in [3.8, 4) is 0 Å². The van der Waals surface area contributed by atoms with Crippen molar-refractivity contribution < 1.29 is 13.2 Å². The summed E-state index contributed by atoms with van der Waals surface area (Å²) in [6.45, 7) is 7.48. The fourth-order valence-electron chi connectivity index (χ4n) is 2.97. The van der Waals surface area contributed by atoms with E-state index in [1.54, 1.807) is 63.4 Å². The molecule has 0 bridgehead atoms. The highest BCUT2D eigenvalue weighted by molar-refractivity contribution is 7.92. The van der Waals surface area contributed by atoms with Gasteiger partial charge < -0.3 is 9.80 Å². The van der Waals surface area contributed by atoms with E-state index < -0.39 is 14.6 Å². The van der Waals surface area contributed by atoms with Crippen LogP contribution in [0.15, 0.2) is 47.6 Å². The van der Waals surface area contributed by atoms with Crippen LogP contribution >= 0.6 is 11.6 Å². The zero-order valence-corrected chi connectivity index (χ0v) is 17.8. The van der Waals surface area contributed by atoms with E-state index in [2.05, 4.69) is 9.88 Å². The van der Waals surface area contributed by atoms with Crippen molar-refractivity contribution in [2.24, 2.45) is 0 Å². The van der Waals surface area contributed by atoms with E-state index in [-0.39, 0.29) is 10.9 Å². The van der Waals surface area contributed by atoms with Gasteiger partial charge in [0.1, 0.15) is 0 Å². The Morgan fingerprint density at radius 3 is 2.11 bits per heavy atom. The van der Waals surface area contributed by atoms with E-state index in [4.69, 9.17) is 11.6 Å². The van der Waals surface area contributed by atoms with Gasteiger partial charge in [-0.1, -0.05) is 11.6 Å². The maximum absolute atomic E-state index is 12.6. The first-order chi connectivity index (χ1) is 13.1. The number of carbonyl (C=O) groups is 1. The first-order valence-electron chi connectivity index (χ1n) is 9.10. The third kappa shape index (κ3) is 4.15. The summed E-state index contributed by atoms with van der Waals surface area (Å²) in [6, 6.07) is 10.2. The zero-order chi connectivity index (χ0) is 20.5. The smallest absolute Gasteiger partial charge is 0.253 e. The molecular weight excluding hydrogens is 398 g/mol. The van der Waals surface area contributed by atoms with E-state index >= 15 is 0 Å².